The van der Waals surface area contributed by atoms with Crippen LogP contribution < -0.4 is 5.32 Å². The summed E-state index contributed by atoms with van der Waals surface area (Å²) in [4.78, 5) is 9.78. The molecule has 0 aliphatic carbocycles. The van der Waals surface area contributed by atoms with Crippen LogP contribution in [-0.2, 0) is 6.61 Å². The third kappa shape index (κ3) is 2.75. The SMILES string of the molecule is OCc1cccc(Nc2ncnc3scc(-c4ccccc4)c23)c1. The number of aliphatic hydroxyl groups is 1. The van der Waals surface area contributed by atoms with Gasteiger partial charge in [0.2, 0.25) is 0 Å². The highest BCUT2D eigenvalue weighted by Crippen LogP contribution is 2.37. The Balaban J connectivity index is 1.82. The van der Waals surface area contributed by atoms with E-state index < -0.39 is 0 Å². The molecule has 0 aliphatic heterocycles. The standard InChI is InChI=1S/C19H15N3OS/c23-10-13-5-4-8-15(9-13)22-18-17-16(14-6-2-1-3-7-14)11-24-19(17)21-12-20-18/h1-9,11-12,23H,10H2,(H,20,21,22). The van der Waals surface area contributed by atoms with Crippen LogP contribution in [0.15, 0.2) is 66.3 Å². The second-order valence-electron chi connectivity index (χ2n) is 5.40. The predicted octanol–water partition coefficient (Wildman–Crippen LogP) is 4.59. The molecule has 0 spiro atoms. The second-order valence-corrected chi connectivity index (χ2v) is 6.26. The van der Waals surface area contributed by atoms with E-state index in [-0.39, 0.29) is 6.61 Å². The number of nitrogens with zero attached hydrogens (tertiary/aromatic N) is 2. The molecule has 4 rings (SSSR count). The van der Waals surface area contributed by atoms with E-state index in [2.05, 4.69) is 32.8 Å². The van der Waals surface area contributed by atoms with Gasteiger partial charge in [-0.15, -0.1) is 11.3 Å². The van der Waals surface area contributed by atoms with Crippen molar-refractivity contribution in [2.45, 2.75) is 6.61 Å². The highest BCUT2D eigenvalue weighted by molar-refractivity contribution is 7.17. The average Bonchev–Trinajstić information content (AvgIpc) is 3.08. The molecule has 0 aliphatic rings. The Bertz CT molecular complexity index is 982. The summed E-state index contributed by atoms with van der Waals surface area (Å²) in [5, 5.41) is 15.8. The summed E-state index contributed by atoms with van der Waals surface area (Å²) in [6.07, 6.45) is 1.58. The molecular formula is C19H15N3OS. The van der Waals surface area contributed by atoms with Crippen LogP contribution >= 0.6 is 11.3 Å². The number of aliphatic hydroxyl groups excluding tert-OH is 1. The lowest BCUT2D eigenvalue weighted by Gasteiger charge is -2.09. The summed E-state index contributed by atoms with van der Waals surface area (Å²) in [6, 6.07) is 17.9. The van der Waals surface area contributed by atoms with Crippen molar-refractivity contribution in [2.75, 3.05) is 5.32 Å². The Labute approximate surface area is 143 Å². The van der Waals surface area contributed by atoms with Crippen molar-refractivity contribution < 1.29 is 5.11 Å². The van der Waals surface area contributed by atoms with Crippen molar-refractivity contribution in [3.05, 3.63) is 71.9 Å². The van der Waals surface area contributed by atoms with Crippen LogP contribution in [0.5, 0.6) is 0 Å². The summed E-state index contributed by atoms with van der Waals surface area (Å²) in [5.74, 6) is 0.773. The maximum Gasteiger partial charge on any atom is 0.143 e. The molecule has 118 valence electrons. The van der Waals surface area contributed by atoms with Gasteiger partial charge in [-0.25, -0.2) is 9.97 Å². The first kappa shape index (κ1) is 14.8. The number of anilines is 2. The van der Waals surface area contributed by atoms with Gasteiger partial charge in [-0.05, 0) is 23.3 Å². The van der Waals surface area contributed by atoms with Crippen LogP contribution in [0.2, 0.25) is 0 Å². The Morgan fingerprint density at radius 2 is 1.88 bits per heavy atom. The molecule has 0 unspecified atom stereocenters. The number of rotatable bonds is 4. The number of nitrogens with one attached hydrogen (secondary N) is 1. The number of hydrogen-bond acceptors (Lipinski definition) is 5. The molecule has 0 amide bonds. The number of aromatic nitrogens is 2. The Morgan fingerprint density at radius 3 is 2.71 bits per heavy atom. The van der Waals surface area contributed by atoms with Crippen molar-refractivity contribution >= 4 is 33.1 Å². The molecule has 4 aromatic rings. The molecule has 5 heteroatoms. The second kappa shape index (κ2) is 6.39. The van der Waals surface area contributed by atoms with Crippen molar-refractivity contribution in [1.82, 2.24) is 9.97 Å². The molecule has 2 aromatic carbocycles. The maximum absolute atomic E-state index is 9.31. The van der Waals surface area contributed by atoms with Crippen LogP contribution in [0, 0.1) is 0 Å². The molecule has 2 N–H and O–H groups in total. The number of fused-ring (bicyclic) bond motifs is 1. The van der Waals surface area contributed by atoms with Gasteiger partial charge >= 0.3 is 0 Å². The van der Waals surface area contributed by atoms with Crippen LogP contribution in [0.4, 0.5) is 11.5 Å². The summed E-state index contributed by atoms with van der Waals surface area (Å²) < 4.78 is 0. The highest BCUT2D eigenvalue weighted by Gasteiger charge is 2.13. The molecule has 0 atom stereocenters. The molecule has 0 radical (unpaired) electrons. The number of hydrogen-bond donors (Lipinski definition) is 2. The fourth-order valence-corrected chi connectivity index (χ4v) is 3.60. The van der Waals surface area contributed by atoms with E-state index in [1.165, 1.54) is 0 Å². The van der Waals surface area contributed by atoms with Gasteiger partial charge in [-0.3, -0.25) is 0 Å². The lowest BCUT2D eigenvalue weighted by atomic mass is 10.1. The first-order valence-corrected chi connectivity index (χ1v) is 8.47. The molecule has 2 heterocycles. The first-order valence-electron chi connectivity index (χ1n) is 7.59. The van der Waals surface area contributed by atoms with Gasteiger partial charge in [-0.2, -0.15) is 0 Å². The lowest BCUT2D eigenvalue weighted by molar-refractivity contribution is 0.282. The van der Waals surface area contributed by atoms with Gasteiger partial charge in [0.1, 0.15) is 17.0 Å². The molecule has 0 saturated carbocycles. The monoisotopic (exact) mass is 333 g/mol. The maximum atomic E-state index is 9.31. The van der Waals surface area contributed by atoms with Gasteiger partial charge in [0.25, 0.3) is 0 Å². The highest BCUT2D eigenvalue weighted by atomic mass is 32.1. The fraction of sp³-hybridized carbons (Fsp3) is 0.0526. The zero-order chi connectivity index (χ0) is 16.4. The third-order valence-electron chi connectivity index (χ3n) is 3.83. The Hall–Kier alpha value is -2.76. The van der Waals surface area contributed by atoms with E-state index in [0.29, 0.717) is 0 Å². The van der Waals surface area contributed by atoms with E-state index >= 15 is 0 Å². The molecule has 0 bridgehead atoms. The summed E-state index contributed by atoms with van der Waals surface area (Å²) in [5.41, 5.74) is 4.02. The molecule has 0 saturated heterocycles. The molecule has 0 fully saturated rings. The first-order chi connectivity index (χ1) is 11.8. The van der Waals surface area contributed by atoms with Gasteiger partial charge < -0.3 is 10.4 Å². The lowest BCUT2D eigenvalue weighted by Crippen LogP contribution is -1.96. The average molecular weight is 333 g/mol. The van der Waals surface area contributed by atoms with Crippen molar-refractivity contribution in [3.8, 4) is 11.1 Å². The minimum absolute atomic E-state index is 0.0163. The molecular weight excluding hydrogens is 318 g/mol. The molecule has 4 nitrogen and oxygen atoms in total. The molecule has 2 aromatic heterocycles. The Kier molecular flexibility index (Phi) is 3.94. The smallest absolute Gasteiger partial charge is 0.143 e. The zero-order valence-corrected chi connectivity index (χ0v) is 13.6. The van der Waals surface area contributed by atoms with Crippen LogP contribution in [0.25, 0.3) is 21.3 Å². The van der Waals surface area contributed by atoms with Gasteiger partial charge in [0.15, 0.2) is 0 Å². The van der Waals surface area contributed by atoms with Crippen LogP contribution in [0.1, 0.15) is 5.56 Å². The minimum Gasteiger partial charge on any atom is -0.392 e. The van der Waals surface area contributed by atoms with Gasteiger partial charge in [-0.1, -0.05) is 42.5 Å². The largest absolute Gasteiger partial charge is 0.392 e. The predicted molar refractivity (Wildman–Crippen MR) is 98.5 cm³/mol. The van der Waals surface area contributed by atoms with Crippen molar-refractivity contribution in [1.29, 1.82) is 0 Å². The quantitative estimate of drug-likeness (QED) is 0.573. The molecule has 24 heavy (non-hydrogen) atoms. The Morgan fingerprint density at radius 1 is 1.00 bits per heavy atom. The topological polar surface area (TPSA) is 58.0 Å². The number of thiophene rings is 1. The summed E-state index contributed by atoms with van der Waals surface area (Å²) in [7, 11) is 0. The van der Waals surface area contributed by atoms with E-state index in [0.717, 1.165) is 38.4 Å². The van der Waals surface area contributed by atoms with E-state index in [4.69, 9.17) is 0 Å². The fourth-order valence-electron chi connectivity index (χ4n) is 2.68. The van der Waals surface area contributed by atoms with Gasteiger partial charge in [0.05, 0.1) is 12.0 Å². The van der Waals surface area contributed by atoms with Gasteiger partial charge in [0, 0.05) is 16.6 Å². The van der Waals surface area contributed by atoms with Crippen molar-refractivity contribution in [3.63, 3.8) is 0 Å². The number of benzene rings is 2. The minimum atomic E-state index is 0.0163. The van der Waals surface area contributed by atoms with E-state index in [1.807, 2.05) is 42.5 Å². The van der Waals surface area contributed by atoms with E-state index in [1.54, 1.807) is 17.7 Å². The van der Waals surface area contributed by atoms with Crippen LogP contribution in [0.3, 0.4) is 0 Å². The van der Waals surface area contributed by atoms with E-state index in [9.17, 15) is 5.11 Å². The normalized spacial score (nSPS) is 10.9. The summed E-state index contributed by atoms with van der Waals surface area (Å²) in [6.45, 7) is 0.0163. The summed E-state index contributed by atoms with van der Waals surface area (Å²) >= 11 is 1.61. The zero-order valence-electron chi connectivity index (χ0n) is 12.8. The third-order valence-corrected chi connectivity index (χ3v) is 4.71. The van der Waals surface area contributed by atoms with Crippen molar-refractivity contribution in [2.24, 2.45) is 0 Å². The van der Waals surface area contributed by atoms with Crippen LogP contribution in [-0.4, -0.2) is 15.1 Å².